The number of nitrogens with two attached hydrogens (primary N) is 1. The molecule has 0 saturated heterocycles. The molecule has 1 aromatic rings. The number of anilines is 2. The fourth-order valence-corrected chi connectivity index (χ4v) is 1.75. The van der Waals surface area contributed by atoms with Crippen molar-refractivity contribution in [2.45, 2.75) is 12.8 Å². The molecule has 3 rings (SSSR count). The molecule has 2 heterocycles. The highest BCUT2D eigenvalue weighted by molar-refractivity contribution is 5.99. The molecule has 1 amide bonds. The van der Waals surface area contributed by atoms with Crippen LogP contribution in [0.3, 0.4) is 0 Å². The fraction of sp³-hybridized carbons (Fsp3) is 0.444. The number of fused-ring (bicyclic) bond motifs is 1. The quantitative estimate of drug-likeness (QED) is 0.643. The Kier molecular flexibility index (Phi) is 1.93. The van der Waals surface area contributed by atoms with Gasteiger partial charge in [0.2, 0.25) is 0 Å². The van der Waals surface area contributed by atoms with E-state index in [2.05, 4.69) is 20.9 Å². The zero-order chi connectivity index (χ0) is 11.1. The van der Waals surface area contributed by atoms with E-state index in [1.54, 1.807) is 0 Å². The van der Waals surface area contributed by atoms with Gasteiger partial charge in [-0.1, -0.05) is 0 Å². The van der Waals surface area contributed by atoms with Crippen LogP contribution in [-0.4, -0.2) is 22.4 Å². The van der Waals surface area contributed by atoms with Crippen LogP contribution in [0.25, 0.3) is 0 Å². The minimum Gasteiger partial charge on any atom is -0.364 e. The van der Waals surface area contributed by atoms with Gasteiger partial charge in [0.05, 0.1) is 0 Å². The van der Waals surface area contributed by atoms with E-state index in [-0.39, 0.29) is 5.69 Å². The molecule has 0 spiro atoms. The van der Waals surface area contributed by atoms with E-state index < -0.39 is 5.91 Å². The molecule has 7 nitrogen and oxygen atoms in total. The zero-order valence-corrected chi connectivity index (χ0v) is 8.60. The van der Waals surface area contributed by atoms with E-state index in [1.165, 1.54) is 19.2 Å². The largest absolute Gasteiger partial charge is 0.364 e. The van der Waals surface area contributed by atoms with E-state index in [0.29, 0.717) is 17.4 Å². The number of carbonyl (C=O) groups excluding carboxylic acids is 1. The van der Waals surface area contributed by atoms with Crippen LogP contribution < -0.4 is 21.7 Å². The molecule has 2 aliphatic rings. The third kappa shape index (κ3) is 1.45. The molecule has 1 fully saturated rings. The lowest BCUT2D eigenvalue weighted by Crippen LogP contribution is -2.37. The molecule has 7 heteroatoms. The van der Waals surface area contributed by atoms with Crippen LogP contribution in [0.1, 0.15) is 23.3 Å². The van der Waals surface area contributed by atoms with Crippen LogP contribution >= 0.6 is 0 Å². The normalized spacial score (nSPS) is 18.1. The summed E-state index contributed by atoms with van der Waals surface area (Å²) in [7, 11) is 0. The number of rotatable bonds is 3. The average molecular weight is 220 g/mol. The van der Waals surface area contributed by atoms with Gasteiger partial charge in [-0.25, -0.2) is 9.97 Å². The predicted octanol–water partition coefficient (Wildman–Crippen LogP) is -0.363. The highest BCUT2D eigenvalue weighted by Gasteiger charge is 2.31. The summed E-state index contributed by atoms with van der Waals surface area (Å²) >= 11 is 0. The van der Waals surface area contributed by atoms with Gasteiger partial charge in [-0.15, -0.1) is 5.53 Å². The topological polar surface area (TPSA) is 96.2 Å². The molecule has 1 aromatic heterocycles. The monoisotopic (exact) mass is 220 g/mol. The Morgan fingerprint density at radius 2 is 2.38 bits per heavy atom. The minimum absolute atomic E-state index is 0.218. The Bertz CT molecular complexity index is 444. The molecule has 4 N–H and O–H groups in total. The van der Waals surface area contributed by atoms with E-state index >= 15 is 0 Å². The summed E-state index contributed by atoms with van der Waals surface area (Å²) in [5.74, 6) is 0.851. The van der Waals surface area contributed by atoms with Gasteiger partial charge in [-0.3, -0.25) is 15.2 Å². The molecule has 1 aliphatic heterocycles. The average Bonchev–Trinajstić information content (AvgIpc) is 2.98. The summed E-state index contributed by atoms with van der Waals surface area (Å²) in [6, 6.07) is 0. The van der Waals surface area contributed by atoms with Crippen molar-refractivity contribution in [1.82, 2.24) is 15.5 Å². The van der Waals surface area contributed by atoms with Crippen molar-refractivity contribution in [3.63, 3.8) is 0 Å². The smallest absolute Gasteiger partial charge is 0.269 e. The second-order valence-corrected chi connectivity index (χ2v) is 4.08. The number of nitrogens with one attached hydrogen (secondary N) is 2. The SMILES string of the molecule is NC(=O)c1ncnc2c1NNN2CC1CC1. The number of carbonyl (C=O) groups is 1. The third-order valence-electron chi connectivity index (χ3n) is 2.77. The van der Waals surface area contributed by atoms with Crippen LogP contribution in [-0.2, 0) is 0 Å². The summed E-state index contributed by atoms with van der Waals surface area (Å²) < 4.78 is 0. The molecule has 0 radical (unpaired) electrons. The van der Waals surface area contributed by atoms with Gasteiger partial charge in [0, 0.05) is 6.54 Å². The number of hydrogen-bond donors (Lipinski definition) is 3. The Labute approximate surface area is 92.0 Å². The first-order valence-electron chi connectivity index (χ1n) is 5.19. The summed E-state index contributed by atoms with van der Waals surface area (Å²) in [6.45, 7) is 0.884. The third-order valence-corrected chi connectivity index (χ3v) is 2.77. The summed E-state index contributed by atoms with van der Waals surface area (Å²) in [5, 5.41) is 1.89. The van der Waals surface area contributed by atoms with Gasteiger partial charge < -0.3 is 5.73 Å². The fourth-order valence-electron chi connectivity index (χ4n) is 1.75. The summed E-state index contributed by atoms with van der Waals surface area (Å²) in [6.07, 6.45) is 3.86. The van der Waals surface area contributed by atoms with Crippen molar-refractivity contribution in [2.75, 3.05) is 17.0 Å². The van der Waals surface area contributed by atoms with Crippen molar-refractivity contribution in [1.29, 1.82) is 0 Å². The van der Waals surface area contributed by atoms with Crippen LogP contribution in [0, 0.1) is 5.92 Å². The summed E-state index contributed by atoms with van der Waals surface area (Å²) in [5.41, 5.74) is 11.9. The number of amides is 1. The Morgan fingerprint density at radius 1 is 1.56 bits per heavy atom. The first-order chi connectivity index (χ1) is 7.75. The van der Waals surface area contributed by atoms with Gasteiger partial charge in [0.15, 0.2) is 11.5 Å². The molecule has 84 valence electrons. The Balaban J connectivity index is 1.93. The van der Waals surface area contributed by atoms with Crippen LogP contribution in [0.15, 0.2) is 6.33 Å². The molecule has 0 atom stereocenters. The Morgan fingerprint density at radius 3 is 3.06 bits per heavy atom. The van der Waals surface area contributed by atoms with Crippen molar-refractivity contribution in [3.8, 4) is 0 Å². The number of hydrogen-bond acceptors (Lipinski definition) is 6. The number of nitrogens with zero attached hydrogens (tertiary/aromatic N) is 3. The highest BCUT2D eigenvalue weighted by Crippen LogP contribution is 2.34. The van der Waals surface area contributed by atoms with E-state index in [9.17, 15) is 4.79 Å². The molecule has 1 saturated carbocycles. The van der Waals surface area contributed by atoms with Crippen LogP contribution in [0.5, 0.6) is 0 Å². The standard InChI is InChI=1S/C9H12N6O/c10-8(16)6-7-9(12-4-11-6)15(14-13-7)3-5-1-2-5/h4-5,13-14H,1-3H2,(H2,10,16). The van der Waals surface area contributed by atoms with E-state index in [1.807, 2.05) is 5.01 Å². The Hall–Kier alpha value is -1.89. The van der Waals surface area contributed by atoms with Crippen LogP contribution in [0.2, 0.25) is 0 Å². The molecular weight excluding hydrogens is 208 g/mol. The van der Waals surface area contributed by atoms with Crippen LogP contribution in [0.4, 0.5) is 11.5 Å². The molecule has 1 aliphatic carbocycles. The van der Waals surface area contributed by atoms with Gasteiger partial charge >= 0.3 is 0 Å². The first-order valence-corrected chi connectivity index (χ1v) is 5.19. The van der Waals surface area contributed by atoms with Crippen molar-refractivity contribution in [3.05, 3.63) is 12.0 Å². The zero-order valence-electron chi connectivity index (χ0n) is 8.60. The lowest BCUT2D eigenvalue weighted by atomic mass is 10.3. The first kappa shape index (κ1) is 9.34. The molecule has 0 aromatic carbocycles. The maximum Gasteiger partial charge on any atom is 0.269 e. The van der Waals surface area contributed by atoms with Gasteiger partial charge in [-0.2, -0.15) is 0 Å². The molecule has 0 bridgehead atoms. The van der Waals surface area contributed by atoms with Gasteiger partial charge in [0.1, 0.15) is 12.0 Å². The highest BCUT2D eigenvalue weighted by atomic mass is 16.1. The number of hydrazine groups is 2. The van der Waals surface area contributed by atoms with Gasteiger partial charge in [-0.05, 0) is 18.8 Å². The lowest BCUT2D eigenvalue weighted by molar-refractivity contribution is 0.0996. The minimum atomic E-state index is -0.554. The molecule has 0 unspecified atom stereocenters. The maximum atomic E-state index is 11.1. The van der Waals surface area contributed by atoms with Crippen molar-refractivity contribution >= 4 is 17.4 Å². The van der Waals surface area contributed by atoms with E-state index in [4.69, 9.17) is 5.73 Å². The van der Waals surface area contributed by atoms with Crippen molar-refractivity contribution in [2.24, 2.45) is 11.7 Å². The molecule has 16 heavy (non-hydrogen) atoms. The number of primary amides is 1. The summed E-state index contributed by atoms with van der Waals surface area (Å²) in [4.78, 5) is 19.2. The lowest BCUT2D eigenvalue weighted by Gasteiger charge is -2.15. The van der Waals surface area contributed by atoms with E-state index in [0.717, 1.165) is 6.54 Å². The number of aromatic nitrogens is 2. The van der Waals surface area contributed by atoms with Crippen molar-refractivity contribution < 1.29 is 4.79 Å². The molecular formula is C9H12N6O. The van der Waals surface area contributed by atoms with Gasteiger partial charge in [0.25, 0.3) is 5.91 Å². The second kappa shape index (κ2) is 3.31. The maximum absolute atomic E-state index is 11.1. The second-order valence-electron chi connectivity index (χ2n) is 4.08. The predicted molar refractivity (Wildman–Crippen MR) is 57.4 cm³/mol.